The van der Waals surface area contributed by atoms with Crippen molar-refractivity contribution in [3.05, 3.63) is 95.1 Å². The first-order valence-corrected chi connectivity index (χ1v) is 12.4. The summed E-state index contributed by atoms with van der Waals surface area (Å²) in [5.74, 6) is -2.42. The van der Waals surface area contributed by atoms with Crippen molar-refractivity contribution < 1.29 is 23.5 Å². The highest BCUT2D eigenvalue weighted by Crippen LogP contribution is 2.26. The highest BCUT2D eigenvalue weighted by molar-refractivity contribution is 5.97. The van der Waals surface area contributed by atoms with E-state index in [1.807, 2.05) is 30.3 Å². The van der Waals surface area contributed by atoms with Crippen molar-refractivity contribution in [3.8, 4) is 17.2 Å². The van der Waals surface area contributed by atoms with E-state index in [-0.39, 0.29) is 29.6 Å². The number of fused-ring (bicyclic) bond motifs is 1. The molecule has 0 radical (unpaired) electrons. The summed E-state index contributed by atoms with van der Waals surface area (Å²) < 4.78 is 27.0. The van der Waals surface area contributed by atoms with Gasteiger partial charge in [-0.25, -0.2) is 28.5 Å². The molecule has 0 spiro atoms. The summed E-state index contributed by atoms with van der Waals surface area (Å²) in [7, 11) is 0. The Hall–Kier alpha value is -5.97. The lowest BCUT2D eigenvalue weighted by molar-refractivity contribution is 0.0935. The van der Waals surface area contributed by atoms with E-state index in [1.165, 1.54) is 12.3 Å². The number of nitrogens with one attached hydrogen (secondary N) is 4. The zero-order chi connectivity index (χ0) is 29.8. The molecule has 0 aliphatic rings. The average molecular weight is 570 g/mol. The van der Waals surface area contributed by atoms with Gasteiger partial charge in [0.05, 0.1) is 17.6 Å². The molecule has 0 aliphatic carbocycles. The number of aromatic amines is 1. The Balaban J connectivity index is 1.30. The van der Waals surface area contributed by atoms with Gasteiger partial charge in [-0.05, 0) is 41.8 Å². The Labute approximate surface area is 236 Å². The zero-order valence-electron chi connectivity index (χ0n) is 21.8. The molecule has 0 fully saturated rings. The van der Waals surface area contributed by atoms with Gasteiger partial charge in [0.15, 0.2) is 40.3 Å². The summed E-state index contributed by atoms with van der Waals surface area (Å²) in [5, 5.41) is 33.3. The molecule has 42 heavy (non-hydrogen) atoms. The highest BCUT2D eigenvalue weighted by Gasteiger charge is 2.20. The van der Waals surface area contributed by atoms with Crippen LogP contribution in [0.15, 0.2) is 60.9 Å². The standard InChI is InChI=1S/C28H21F2N9O3/c1-14(17-6-7-21(29)22(30)9-17)35-27(40)23-26(34-13-19(10-31)36-23)32-11-15-2-4-16(5-3-15)18-8-20-24(33-12-18)38-39-25(20)37-28(41)42/h2-9,12-14H,11H2,1H3,(H,32,34)(H,35,40)(H,41,42)(H2,33,37,38,39). The summed E-state index contributed by atoms with van der Waals surface area (Å²) in [6.07, 6.45) is 1.63. The molecule has 5 aromatic rings. The van der Waals surface area contributed by atoms with Gasteiger partial charge >= 0.3 is 6.09 Å². The number of benzene rings is 2. The maximum Gasteiger partial charge on any atom is 0.410 e. The number of halogens is 2. The van der Waals surface area contributed by atoms with Crippen LogP contribution in [-0.2, 0) is 6.54 Å². The van der Waals surface area contributed by atoms with Crippen LogP contribution in [0.25, 0.3) is 22.2 Å². The number of nitrogens with zero attached hydrogens (tertiary/aromatic N) is 5. The van der Waals surface area contributed by atoms with Crippen molar-refractivity contribution >= 4 is 34.7 Å². The van der Waals surface area contributed by atoms with E-state index in [9.17, 15) is 23.6 Å². The number of amides is 2. The smallest absolute Gasteiger partial charge is 0.410 e. The maximum absolute atomic E-state index is 13.7. The second kappa shape index (κ2) is 11.6. The molecule has 1 atom stereocenters. The van der Waals surface area contributed by atoms with Crippen molar-refractivity contribution in [1.82, 2.24) is 30.5 Å². The molecule has 1 unspecified atom stereocenters. The molecular formula is C28H21F2N9O3. The molecule has 3 aromatic heterocycles. The Morgan fingerprint density at radius 2 is 1.81 bits per heavy atom. The zero-order valence-corrected chi connectivity index (χ0v) is 21.8. The number of nitriles is 1. The lowest BCUT2D eigenvalue weighted by Crippen LogP contribution is -2.29. The van der Waals surface area contributed by atoms with Gasteiger partial charge in [-0.2, -0.15) is 10.4 Å². The number of anilines is 2. The number of aromatic nitrogens is 5. The van der Waals surface area contributed by atoms with Crippen molar-refractivity contribution in [2.24, 2.45) is 0 Å². The molecule has 0 saturated carbocycles. The Morgan fingerprint density at radius 1 is 1.02 bits per heavy atom. The Bertz CT molecular complexity index is 1850. The minimum Gasteiger partial charge on any atom is -0.465 e. The predicted octanol–water partition coefficient (Wildman–Crippen LogP) is 4.76. The molecule has 0 saturated heterocycles. The van der Waals surface area contributed by atoms with Gasteiger partial charge in [0, 0.05) is 18.3 Å². The number of H-pyrrole nitrogens is 1. The van der Waals surface area contributed by atoms with Crippen LogP contribution in [0.3, 0.4) is 0 Å². The van der Waals surface area contributed by atoms with Crippen LogP contribution in [0, 0.1) is 23.0 Å². The number of carboxylic acid groups (broad SMARTS) is 1. The number of hydrogen-bond acceptors (Lipinski definition) is 8. The van der Waals surface area contributed by atoms with Gasteiger partial charge in [-0.15, -0.1) is 0 Å². The van der Waals surface area contributed by atoms with Crippen LogP contribution in [-0.4, -0.2) is 42.3 Å². The van der Waals surface area contributed by atoms with Crippen molar-refractivity contribution in [3.63, 3.8) is 0 Å². The van der Waals surface area contributed by atoms with Gasteiger partial charge in [-0.1, -0.05) is 30.3 Å². The van der Waals surface area contributed by atoms with Crippen molar-refractivity contribution in [2.75, 3.05) is 10.6 Å². The summed E-state index contributed by atoms with van der Waals surface area (Å²) >= 11 is 0. The lowest BCUT2D eigenvalue weighted by Gasteiger charge is -2.16. The first-order chi connectivity index (χ1) is 20.2. The summed E-state index contributed by atoms with van der Waals surface area (Å²) in [6.45, 7) is 1.86. The third kappa shape index (κ3) is 5.94. The minimum absolute atomic E-state index is 0.0690. The fraction of sp³-hybridized carbons (Fsp3) is 0.107. The number of carbonyl (C=O) groups excluding carboxylic acids is 1. The third-order valence-corrected chi connectivity index (χ3v) is 6.28. The second-order valence-corrected chi connectivity index (χ2v) is 9.11. The molecule has 210 valence electrons. The van der Waals surface area contributed by atoms with Crippen LogP contribution in [0.5, 0.6) is 0 Å². The second-order valence-electron chi connectivity index (χ2n) is 9.11. The quantitative estimate of drug-likeness (QED) is 0.176. The molecule has 0 bridgehead atoms. The molecule has 2 aromatic carbocycles. The first-order valence-electron chi connectivity index (χ1n) is 12.4. The van der Waals surface area contributed by atoms with E-state index in [1.54, 1.807) is 19.2 Å². The number of hydrogen-bond donors (Lipinski definition) is 5. The maximum atomic E-state index is 13.7. The van der Waals surface area contributed by atoms with Crippen LogP contribution in [0.2, 0.25) is 0 Å². The summed E-state index contributed by atoms with van der Waals surface area (Å²) in [6, 6.07) is 13.7. The monoisotopic (exact) mass is 569 g/mol. The normalized spacial score (nSPS) is 11.5. The molecule has 5 rings (SSSR count). The SMILES string of the molecule is CC(NC(=O)c1nc(C#N)cnc1NCc1ccc(-c2cnc3[nH]nc(NC(=O)O)c3c2)cc1)c1ccc(F)c(F)c1. The number of pyridine rings is 1. The van der Waals surface area contributed by atoms with Crippen molar-refractivity contribution in [1.29, 1.82) is 5.26 Å². The van der Waals surface area contributed by atoms with E-state index in [0.29, 0.717) is 16.6 Å². The molecule has 12 nitrogen and oxygen atoms in total. The average Bonchev–Trinajstić information content (AvgIpc) is 3.38. The highest BCUT2D eigenvalue weighted by atomic mass is 19.2. The van der Waals surface area contributed by atoms with E-state index in [0.717, 1.165) is 28.8 Å². The summed E-state index contributed by atoms with van der Waals surface area (Å²) in [4.78, 5) is 36.7. The largest absolute Gasteiger partial charge is 0.465 e. The van der Waals surface area contributed by atoms with E-state index in [4.69, 9.17) is 5.11 Å². The van der Waals surface area contributed by atoms with E-state index >= 15 is 0 Å². The molecule has 14 heteroatoms. The van der Waals surface area contributed by atoms with Crippen LogP contribution in [0.4, 0.5) is 25.2 Å². The molecule has 2 amide bonds. The van der Waals surface area contributed by atoms with E-state index in [2.05, 4.69) is 41.1 Å². The van der Waals surface area contributed by atoms with Crippen LogP contribution >= 0.6 is 0 Å². The van der Waals surface area contributed by atoms with Gasteiger partial charge in [0.2, 0.25) is 0 Å². The van der Waals surface area contributed by atoms with Crippen LogP contribution in [0.1, 0.15) is 40.3 Å². The van der Waals surface area contributed by atoms with Gasteiger partial charge in [0.1, 0.15) is 6.07 Å². The van der Waals surface area contributed by atoms with Gasteiger partial charge < -0.3 is 15.7 Å². The lowest BCUT2D eigenvalue weighted by atomic mass is 10.0. The molecule has 5 N–H and O–H groups in total. The van der Waals surface area contributed by atoms with E-state index < -0.39 is 29.7 Å². The fourth-order valence-corrected chi connectivity index (χ4v) is 4.12. The van der Waals surface area contributed by atoms with Gasteiger partial charge in [-0.3, -0.25) is 15.2 Å². The topological polar surface area (TPSA) is 182 Å². The third-order valence-electron chi connectivity index (χ3n) is 6.28. The predicted molar refractivity (Wildman–Crippen MR) is 147 cm³/mol. The molecule has 3 heterocycles. The van der Waals surface area contributed by atoms with Crippen molar-refractivity contribution in [2.45, 2.75) is 19.5 Å². The molecule has 0 aliphatic heterocycles. The number of carbonyl (C=O) groups is 2. The first kappa shape index (κ1) is 27.6. The number of rotatable bonds is 8. The molecular weight excluding hydrogens is 548 g/mol. The Morgan fingerprint density at radius 3 is 2.52 bits per heavy atom. The van der Waals surface area contributed by atoms with Crippen LogP contribution < -0.4 is 16.0 Å². The fourth-order valence-electron chi connectivity index (χ4n) is 4.12. The summed E-state index contributed by atoms with van der Waals surface area (Å²) in [5.41, 5.74) is 2.97. The minimum atomic E-state index is -1.24. The van der Waals surface area contributed by atoms with Gasteiger partial charge in [0.25, 0.3) is 5.91 Å². The Kier molecular flexibility index (Phi) is 7.65.